The van der Waals surface area contributed by atoms with Gasteiger partial charge < -0.3 is 40.7 Å². The molecule has 170 valence electrons. The lowest BCUT2D eigenvalue weighted by Gasteiger charge is -2.40. The summed E-state index contributed by atoms with van der Waals surface area (Å²) in [5.41, 5.74) is 6.83. The van der Waals surface area contributed by atoms with Crippen LogP contribution >= 0.6 is 0 Å². The number of carboxylic acids is 1. The summed E-state index contributed by atoms with van der Waals surface area (Å²) in [6.45, 7) is 0. The number of carboxylic acid groups (broad SMARTS) is 1. The lowest BCUT2D eigenvalue weighted by Crippen LogP contribution is -2.60. The Kier molecular flexibility index (Phi) is 5.86. The normalized spacial score (nSPS) is 31.9. The summed E-state index contributed by atoms with van der Waals surface area (Å²) >= 11 is 0. The van der Waals surface area contributed by atoms with E-state index in [4.69, 9.17) is 15.2 Å². The number of primary amides is 1. The molecule has 1 saturated heterocycles. The number of benzene rings is 2. The van der Waals surface area contributed by atoms with E-state index in [2.05, 4.69) is 0 Å². The maximum atomic E-state index is 12.3. The summed E-state index contributed by atoms with van der Waals surface area (Å²) in [5, 5.41) is 50.8. The molecule has 4 rings (SSSR count). The third-order valence-electron chi connectivity index (χ3n) is 5.58. The van der Waals surface area contributed by atoms with Crippen LogP contribution in [0.4, 0.5) is 16.2 Å². The number of para-hydroxylation sites is 2. The minimum absolute atomic E-state index is 0.285. The summed E-state index contributed by atoms with van der Waals surface area (Å²) in [5.74, 6) is -1.57. The minimum atomic E-state index is -1.89. The zero-order valence-corrected chi connectivity index (χ0v) is 16.6. The zero-order chi connectivity index (χ0) is 23.2. The predicted molar refractivity (Wildman–Crippen MR) is 108 cm³/mol. The summed E-state index contributed by atoms with van der Waals surface area (Å²) in [7, 11) is 0. The van der Waals surface area contributed by atoms with E-state index in [1.54, 1.807) is 48.5 Å². The monoisotopic (exact) mass is 446 g/mol. The molecular formula is C21H22N2O9. The molecule has 0 spiro atoms. The first-order chi connectivity index (χ1) is 15.2. The van der Waals surface area contributed by atoms with Crippen LogP contribution in [-0.4, -0.2) is 68.2 Å². The van der Waals surface area contributed by atoms with Gasteiger partial charge in [-0.2, -0.15) is 0 Å². The van der Waals surface area contributed by atoms with Gasteiger partial charge in [0.05, 0.1) is 11.4 Å². The van der Waals surface area contributed by atoms with Gasteiger partial charge in [0.15, 0.2) is 12.4 Å². The van der Waals surface area contributed by atoms with Gasteiger partial charge in [-0.15, -0.1) is 0 Å². The van der Waals surface area contributed by atoms with Crippen LogP contribution in [0.3, 0.4) is 0 Å². The molecule has 32 heavy (non-hydrogen) atoms. The van der Waals surface area contributed by atoms with Gasteiger partial charge in [0.1, 0.15) is 30.5 Å². The highest BCUT2D eigenvalue weighted by Gasteiger charge is 2.49. The Balaban J connectivity index is 1.79. The molecule has 0 aliphatic carbocycles. The number of nitrogens with two attached hydrogens (primary N) is 1. The number of anilines is 2. The SMILES string of the molecule is NC(=O)N1c2ccccc2C(O)C(O[C@@H]2O[C@H](C(=O)O)[C@@H](O)[C@H](O)[C@H]2O)c2ccccc21. The smallest absolute Gasteiger partial charge is 0.335 e. The number of aliphatic hydroxyl groups is 4. The van der Waals surface area contributed by atoms with Crippen LogP contribution in [-0.2, 0) is 14.3 Å². The highest BCUT2D eigenvalue weighted by atomic mass is 16.7. The van der Waals surface area contributed by atoms with E-state index in [9.17, 15) is 35.1 Å². The van der Waals surface area contributed by atoms with Crippen molar-refractivity contribution in [3.05, 3.63) is 59.7 Å². The van der Waals surface area contributed by atoms with Gasteiger partial charge >= 0.3 is 12.0 Å². The van der Waals surface area contributed by atoms with Crippen molar-refractivity contribution < 1.29 is 44.6 Å². The van der Waals surface area contributed by atoms with Gasteiger partial charge in [0.2, 0.25) is 0 Å². The fourth-order valence-electron chi connectivity index (χ4n) is 4.03. The maximum absolute atomic E-state index is 12.3. The standard InChI is InChI=1S/C21H22N2O9/c22-21(30)23-11-7-3-1-5-9(11)13(24)17(10-6-2-4-8-12(10)23)31-20-16(27)14(25)15(26)18(32-20)19(28)29/h1-8,13-18,20,24-27H,(H2,22,30)(H,28,29)/t13?,14-,15-,16+,17?,18-,20+/m0/s1. The van der Waals surface area contributed by atoms with Crippen molar-refractivity contribution in [2.45, 2.75) is 42.9 Å². The number of amides is 2. The molecule has 0 saturated carbocycles. The summed E-state index contributed by atoms with van der Waals surface area (Å²) in [6, 6.07) is 12.1. The third-order valence-corrected chi connectivity index (χ3v) is 5.58. The Morgan fingerprint density at radius 1 is 0.875 bits per heavy atom. The summed E-state index contributed by atoms with van der Waals surface area (Å²) < 4.78 is 11.0. The molecular weight excluding hydrogens is 424 g/mol. The topological polar surface area (TPSA) is 183 Å². The Labute approximate surface area is 181 Å². The van der Waals surface area contributed by atoms with Crippen LogP contribution in [0.1, 0.15) is 23.3 Å². The molecule has 2 heterocycles. The molecule has 2 aliphatic rings. The molecule has 7 atom stereocenters. The number of hydrogen-bond donors (Lipinski definition) is 6. The van der Waals surface area contributed by atoms with Crippen molar-refractivity contribution in [3.8, 4) is 0 Å². The number of aliphatic carboxylic acids is 1. The van der Waals surface area contributed by atoms with Crippen LogP contribution in [0, 0.1) is 0 Å². The van der Waals surface area contributed by atoms with Gasteiger partial charge in [-0.25, -0.2) is 9.59 Å². The summed E-state index contributed by atoms with van der Waals surface area (Å²) in [6.07, 6.45) is -11.8. The van der Waals surface area contributed by atoms with E-state index in [-0.39, 0.29) is 5.56 Å². The van der Waals surface area contributed by atoms with E-state index in [1.165, 1.54) is 4.90 Å². The van der Waals surface area contributed by atoms with Gasteiger partial charge in [0.25, 0.3) is 0 Å². The fourth-order valence-corrected chi connectivity index (χ4v) is 4.03. The van der Waals surface area contributed by atoms with E-state index in [1.807, 2.05) is 0 Å². The lowest BCUT2D eigenvalue weighted by atomic mass is 9.96. The van der Waals surface area contributed by atoms with E-state index in [0.29, 0.717) is 16.9 Å². The van der Waals surface area contributed by atoms with Crippen molar-refractivity contribution in [2.24, 2.45) is 5.73 Å². The molecule has 0 radical (unpaired) electrons. The number of fused-ring (bicyclic) bond motifs is 2. The first-order valence-electron chi connectivity index (χ1n) is 9.75. The second-order valence-corrected chi connectivity index (χ2v) is 7.53. The second kappa shape index (κ2) is 8.47. The molecule has 11 nitrogen and oxygen atoms in total. The molecule has 2 amide bonds. The van der Waals surface area contributed by atoms with E-state index < -0.39 is 54.9 Å². The van der Waals surface area contributed by atoms with Crippen molar-refractivity contribution in [2.75, 3.05) is 4.90 Å². The quantitative estimate of drug-likeness (QED) is 0.375. The zero-order valence-electron chi connectivity index (χ0n) is 16.6. The van der Waals surface area contributed by atoms with Gasteiger partial charge in [-0.3, -0.25) is 4.90 Å². The molecule has 11 heteroatoms. The largest absolute Gasteiger partial charge is 0.479 e. The van der Waals surface area contributed by atoms with Crippen LogP contribution in [0.5, 0.6) is 0 Å². The molecule has 2 aliphatic heterocycles. The summed E-state index contributed by atoms with van der Waals surface area (Å²) in [4.78, 5) is 24.9. The Hall–Kier alpha value is -3.06. The van der Waals surface area contributed by atoms with Crippen LogP contribution in [0.15, 0.2) is 48.5 Å². The number of carbonyl (C=O) groups is 2. The predicted octanol–water partition coefficient (Wildman–Crippen LogP) is -0.0997. The molecule has 2 aromatic carbocycles. The highest BCUT2D eigenvalue weighted by molar-refractivity contribution is 6.00. The molecule has 7 N–H and O–H groups in total. The number of hydrogen-bond acceptors (Lipinski definition) is 8. The van der Waals surface area contributed by atoms with Crippen molar-refractivity contribution in [1.82, 2.24) is 0 Å². The average Bonchev–Trinajstić information content (AvgIpc) is 2.87. The van der Waals surface area contributed by atoms with Gasteiger partial charge in [-0.05, 0) is 12.1 Å². The maximum Gasteiger partial charge on any atom is 0.335 e. The average molecular weight is 446 g/mol. The Bertz CT molecular complexity index is 1030. The van der Waals surface area contributed by atoms with Crippen LogP contribution in [0.2, 0.25) is 0 Å². The lowest BCUT2D eigenvalue weighted by molar-refractivity contribution is -0.312. The number of ether oxygens (including phenoxy) is 2. The Morgan fingerprint density at radius 2 is 1.44 bits per heavy atom. The van der Waals surface area contributed by atoms with Crippen molar-refractivity contribution >= 4 is 23.4 Å². The minimum Gasteiger partial charge on any atom is -0.479 e. The molecule has 2 aromatic rings. The Morgan fingerprint density at radius 3 is 2.03 bits per heavy atom. The number of carbonyl (C=O) groups excluding carboxylic acids is 1. The van der Waals surface area contributed by atoms with Crippen molar-refractivity contribution in [3.63, 3.8) is 0 Å². The van der Waals surface area contributed by atoms with Crippen LogP contribution < -0.4 is 10.6 Å². The van der Waals surface area contributed by atoms with E-state index >= 15 is 0 Å². The number of rotatable bonds is 3. The first kappa shape index (κ1) is 22.1. The number of urea groups is 1. The van der Waals surface area contributed by atoms with Crippen LogP contribution in [0.25, 0.3) is 0 Å². The van der Waals surface area contributed by atoms with Crippen molar-refractivity contribution in [1.29, 1.82) is 0 Å². The van der Waals surface area contributed by atoms with Gasteiger partial charge in [0, 0.05) is 11.1 Å². The molecule has 1 fully saturated rings. The fraction of sp³-hybridized carbons (Fsp3) is 0.333. The second-order valence-electron chi connectivity index (χ2n) is 7.53. The molecule has 2 unspecified atom stereocenters. The highest BCUT2D eigenvalue weighted by Crippen LogP contribution is 2.47. The molecule has 0 bridgehead atoms. The first-order valence-corrected chi connectivity index (χ1v) is 9.75. The number of aliphatic hydroxyl groups excluding tert-OH is 4. The molecule has 0 aromatic heterocycles. The van der Waals surface area contributed by atoms with E-state index in [0.717, 1.165) is 0 Å². The number of nitrogens with zero attached hydrogens (tertiary/aromatic N) is 1. The third kappa shape index (κ3) is 3.60. The van der Waals surface area contributed by atoms with Gasteiger partial charge in [-0.1, -0.05) is 36.4 Å².